The Bertz CT molecular complexity index is 495. The van der Waals surface area contributed by atoms with Crippen LogP contribution < -0.4 is 10.6 Å². The molecule has 1 aromatic carbocycles. The first-order chi connectivity index (χ1) is 9.02. The molecule has 2 rings (SSSR count). The number of nitrogens with two attached hydrogens (primary N) is 1. The average molecular weight is 286 g/mol. The predicted octanol–water partition coefficient (Wildman–Crippen LogP) is 1.72. The van der Waals surface area contributed by atoms with Gasteiger partial charge in [0.15, 0.2) is 0 Å². The highest BCUT2D eigenvalue weighted by Gasteiger charge is 2.23. The number of halogens is 1. The van der Waals surface area contributed by atoms with E-state index in [1.165, 1.54) is 6.07 Å². The minimum Gasteiger partial charge on any atom is -0.373 e. The topological polar surface area (TPSA) is 81.6 Å². The monoisotopic (exact) mass is 285 g/mol. The van der Waals surface area contributed by atoms with Gasteiger partial charge in [-0.1, -0.05) is 11.6 Å². The Kier molecular flexibility index (Phi) is 4.24. The lowest BCUT2D eigenvalue weighted by Gasteiger charge is -2.34. The molecule has 0 radical (unpaired) electrons. The number of rotatable bonds is 3. The highest BCUT2D eigenvalue weighted by atomic mass is 35.5. The van der Waals surface area contributed by atoms with Crippen molar-refractivity contribution >= 4 is 23.0 Å². The molecule has 0 spiro atoms. The summed E-state index contributed by atoms with van der Waals surface area (Å²) in [6.45, 7) is 4.29. The number of ether oxygens (including phenoxy) is 1. The fraction of sp³-hybridized carbons (Fsp3) is 0.500. The number of hydrogen-bond donors (Lipinski definition) is 1. The van der Waals surface area contributed by atoms with E-state index in [4.69, 9.17) is 22.1 Å². The van der Waals surface area contributed by atoms with Crippen LogP contribution in [0, 0.1) is 17.0 Å². The molecule has 104 valence electrons. The van der Waals surface area contributed by atoms with Crippen LogP contribution in [-0.4, -0.2) is 37.3 Å². The van der Waals surface area contributed by atoms with Gasteiger partial charge in [0.05, 0.1) is 17.6 Å². The summed E-state index contributed by atoms with van der Waals surface area (Å²) in [4.78, 5) is 12.5. The van der Waals surface area contributed by atoms with E-state index in [1.54, 1.807) is 6.07 Å². The molecule has 19 heavy (non-hydrogen) atoms. The van der Waals surface area contributed by atoms with Gasteiger partial charge in [0, 0.05) is 31.4 Å². The molecule has 0 saturated carbocycles. The number of nitro groups is 1. The van der Waals surface area contributed by atoms with Gasteiger partial charge >= 0.3 is 0 Å². The van der Waals surface area contributed by atoms with E-state index in [2.05, 4.69) is 4.90 Å². The zero-order chi connectivity index (χ0) is 14.0. The molecule has 1 aromatic rings. The molecule has 1 heterocycles. The second kappa shape index (κ2) is 5.73. The highest BCUT2D eigenvalue weighted by molar-refractivity contribution is 6.33. The number of hydrogen-bond acceptors (Lipinski definition) is 5. The van der Waals surface area contributed by atoms with Crippen LogP contribution in [0.25, 0.3) is 0 Å². The molecule has 1 atom stereocenters. The van der Waals surface area contributed by atoms with Gasteiger partial charge in [0.1, 0.15) is 5.02 Å². The summed E-state index contributed by atoms with van der Waals surface area (Å²) in [5.74, 6) is 0. The van der Waals surface area contributed by atoms with E-state index in [0.29, 0.717) is 19.7 Å². The van der Waals surface area contributed by atoms with Crippen molar-refractivity contribution in [2.75, 3.05) is 31.1 Å². The lowest BCUT2D eigenvalue weighted by Crippen LogP contribution is -2.45. The Balaban J connectivity index is 2.30. The van der Waals surface area contributed by atoms with E-state index in [-0.39, 0.29) is 16.8 Å². The molecule has 2 N–H and O–H groups in total. The first-order valence-electron chi connectivity index (χ1n) is 6.04. The van der Waals surface area contributed by atoms with Gasteiger partial charge in [-0.15, -0.1) is 0 Å². The summed E-state index contributed by atoms with van der Waals surface area (Å²) in [5.41, 5.74) is 7.27. The third-order valence-corrected chi connectivity index (χ3v) is 3.51. The fourth-order valence-electron chi connectivity index (χ4n) is 2.22. The number of anilines is 1. The van der Waals surface area contributed by atoms with Crippen LogP contribution >= 0.6 is 11.6 Å². The second-order valence-electron chi connectivity index (χ2n) is 4.52. The Morgan fingerprint density at radius 3 is 3.00 bits per heavy atom. The molecule has 0 aromatic heterocycles. The third kappa shape index (κ3) is 2.97. The van der Waals surface area contributed by atoms with E-state index >= 15 is 0 Å². The SMILES string of the molecule is Cc1cc([N+](=O)[O-])c(Cl)cc1N1CCOC(CN)C1. The fourth-order valence-corrected chi connectivity index (χ4v) is 2.44. The Morgan fingerprint density at radius 2 is 2.37 bits per heavy atom. The zero-order valence-corrected chi connectivity index (χ0v) is 11.4. The Labute approximate surface area is 116 Å². The molecule has 1 fully saturated rings. The number of benzene rings is 1. The molecule has 0 amide bonds. The van der Waals surface area contributed by atoms with Crippen molar-refractivity contribution in [2.24, 2.45) is 5.73 Å². The molecular weight excluding hydrogens is 270 g/mol. The smallest absolute Gasteiger partial charge is 0.288 e. The summed E-state index contributed by atoms with van der Waals surface area (Å²) >= 11 is 5.96. The molecule has 1 aliphatic rings. The summed E-state index contributed by atoms with van der Waals surface area (Å²) in [5, 5.41) is 11.0. The van der Waals surface area contributed by atoms with E-state index in [0.717, 1.165) is 17.8 Å². The van der Waals surface area contributed by atoms with Gasteiger partial charge in [0.25, 0.3) is 5.69 Å². The molecule has 1 aliphatic heterocycles. The van der Waals surface area contributed by atoms with Gasteiger partial charge in [-0.3, -0.25) is 10.1 Å². The molecular formula is C12H16ClN3O3. The van der Waals surface area contributed by atoms with Crippen LogP contribution in [0.3, 0.4) is 0 Å². The summed E-state index contributed by atoms with van der Waals surface area (Å²) in [6, 6.07) is 3.15. The Hall–Kier alpha value is -1.37. The lowest BCUT2D eigenvalue weighted by molar-refractivity contribution is -0.384. The van der Waals surface area contributed by atoms with Crippen molar-refractivity contribution < 1.29 is 9.66 Å². The largest absolute Gasteiger partial charge is 0.373 e. The van der Waals surface area contributed by atoms with E-state index in [9.17, 15) is 10.1 Å². The third-order valence-electron chi connectivity index (χ3n) is 3.20. The molecule has 7 heteroatoms. The zero-order valence-electron chi connectivity index (χ0n) is 10.6. The van der Waals surface area contributed by atoms with Crippen molar-refractivity contribution in [1.29, 1.82) is 0 Å². The van der Waals surface area contributed by atoms with Crippen LogP contribution in [0.15, 0.2) is 12.1 Å². The second-order valence-corrected chi connectivity index (χ2v) is 4.93. The van der Waals surface area contributed by atoms with Crippen molar-refractivity contribution in [1.82, 2.24) is 0 Å². The minimum absolute atomic E-state index is 0.0119. The molecule has 6 nitrogen and oxygen atoms in total. The number of nitro benzene ring substituents is 1. The number of aryl methyl sites for hydroxylation is 1. The molecule has 0 aliphatic carbocycles. The lowest BCUT2D eigenvalue weighted by atomic mass is 10.1. The molecule has 0 bridgehead atoms. The van der Waals surface area contributed by atoms with Crippen LogP contribution in [-0.2, 0) is 4.74 Å². The normalized spacial score (nSPS) is 19.5. The quantitative estimate of drug-likeness (QED) is 0.675. The van der Waals surface area contributed by atoms with E-state index < -0.39 is 4.92 Å². The van der Waals surface area contributed by atoms with Crippen molar-refractivity contribution in [3.63, 3.8) is 0 Å². The highest BCUT2D eigenvalue weighted by Crippen LogP contribution is 2.33. The van der Waals surface area contributed by atoms with Gasteiger partial charge in [-0.05, 0) is 18.6 Å². The summed E-state index contributed by atoms with van der Waals surface area (Å²) < 4.78 is 5.50. The maximum absolute atomic E-state index is 10.8. The van der Waals surface area contributed by atoms with Crippen LogP contribution in [0.4, 0.5) is 11.4 Å². The maximum atomic E-state index is 10.8. The Morgan fingerprint density at radius 1 is 1.63 bits per heavy atom. The van der Waals surface area contributed by atoms with Gasteiger partial charge in [-0.25, -0.2) is 0 Å². The van der Waals surface area contributed by atoms with Gasteiger partial charge < -0.3 is 15.4 Å². The first-order valence-corrected chi connectivity index (χ1v) is 6.42. The predicted molar refractivity (Wildman–Crippen MR) is 73.9 cm³/mol. The standard InChI is InChI=1S/C12H16ClN3O3/c1-8-4-12(16(17)18)10(13)5-11(8)15-2-3-19-9(6-14)7-15/h4-5,9H,2-3,6-7,14H2,1H3. The van der Waals surface area contributed by atoms with Crippen molar-refractivity contribution in [3.8, 4) is 0 Å². The van der Waals surface area contributed by atoms with Gasteiger partial charge in [-0.2, -0.15) is 0 Å². The van der Waals surface area contributed by atoms with Crippen LogP contribution in [0.1, 0.15) is 5.56 Å². The van der Waals surface area contributed by atoms with Crippen molar-refractivity contribution in [3.05, 3.63) is 32.8 Å². The average Bonchev–Trinajstić information content (AvgIpc) is 2.40. The number of nitrogens with zero attached hydrogens (tertiary/aromatic N) is 2. The molecule has 1 unspecified atom stereocenters. The van der Waals surface area contributed by atoms with Gasteiger partial charge in [0.2, 0.25) is 0 Å². The molecule has 1 saturated heterocycles. The van der Waals surface area contributed by atoms with Crippen LogP contribution in [0.2, 0.25) is 5.02 Å². The summed E-state index contributed by atoms with van der Waals surface area (Å²) in [6.07, 6.45) is -0.0119. The van der Waals surface area contributed by atoms with E-state index in [1.807, 2.05) is 6.92 Å². The first kappa shape index (κ1) is 14.0. The maximum Gasteiger partial charge on any atom is 0.288 e. The number of morpholine rings is 1. The summed E-state index contributed by atoms with van der Waals surface area (Å²) in [7, 11) is 0. The van der Waals surface area contributed by atoms with Crippen LogP contribution in [0.5, 0.6) is 0 Å². The van der Waals surface area contributed by atoms with Crippen molar-refractivity contribution in [2.45, 2.75) is 13.0 Å². The minimum atomic E-state index is -0.471.